The number of aliphatic hydroxyl groups is 3. The fourth-order valence-electron chi connectivity index (χ4n) is 2.20. The first kappa shape index (κ1) is 15.7. The molecule has 1 aliphatic heterocycles. The van der Waals surface area contributed by atoms with Gasteiger partial charge >= 0.3 is 0 Å². The molecule has 0 saturated carbocycles. The zero-order valence-electron chi connectivity index (χ0n) is 11.5. The molecule has 1 heterocycles. The first-order valence-electron chi connectivity index (χ1n) is 6.64. The van der Waals surface area contributed by atoms with Crippen LogP contribution < -0.4 is 10.1 Å². The molecule has 7 heteroatoms. The van der Waals surface area contributed by atoms with E-state index in [1.54, 1.807) is 24.3 Å². The normalized spacial score (nSPS) is 32.5. The highest BCUT2D eigenvalue weighted by Gasteiger charge is 2.45. The molecule has 1 aromatic carbocycles. The second-order valence-electron chi connectivity index (χ2n) is 4.86. The first-order valence-corrected chi connectivity index (χ1v) is 6.64. The van der Waals surface area contributed by atoms with Crippen LogP contribution in [0.25, 0.3) is 0 Å². The molecule has 0 radical (unpaired) electrons. The molecular weight excluding hydrogens is 278 g/mol. The minimum absolute atomic E-state index is 0.390. The van der Waals surface area contributed by atoms with Gasteiger partial charge in [-0.05, 0) is 12.1 Å². The zero-order chi connectivity index (χ0) is 15.4. The number of carbonyl (C=O) groups is 1. The molecule has 4 N–H and O–H groups in total. The van der Waals surface area contributed by atoms with E-state index >= 15 is 0 Å². The van der Waals surface area contributed by atoms with Crippen LogP contribution >= 0.6 is 0 Å². The number of amides is 1. The van der Waals surface area contributed by atoms with E-state index in [0.29, 0.717) is 5.75 Å². The van der Waals surface area contributed by atoms with E-state index in [9.17, 15) is 20.1 Å². The summed E-state index contributed by atoms with van der Waals surface area (Å²) in [7, 11) is 0. The monoisotopic (exact) mass is 297 g/mol. The van der Waals surface area contributed by atoms with E-state index in [1.165, 1.54) is 6.92 Å². The van der Waals surface area contributed by atoms with Gasteiger partial charge in [0.05, 0.1) is 6.61 Å². The molecule has 0 bridgehead atoms. The van der Waals surface area contributed by atoms with Gasteiger partial charge in [0.1, 0.15) is 30.1 Å². The highest BCUT2D eigenvalue weighted by Crippen LogP contribution is 2.24. The van der Waals surface area contributed by atoms with Gasteiger partial charge in [-0.2, -0.15) is 0 Å². The number of hydrogen-bond donors (Lipinski definition) is 4. The predicted octanol–water partition coefficient (Wildman–Crippen LogP) is -0.991. The van der Waals surface area contributed by atoms with Crippen LogP contribution in [0, 0.1) is 0 Å². The van der Waals surface area contributed by atoms with Crippen molar-refractivity contribution < 1.29 is 29.6 Å². The van der Waals surface area contributed by atoms with Gasteiger partial charge < -0.3 is 30.1 Å². The lowest BCUT2D eigenvalue weighted by molar-refractivity contribution is -0.244. The second-order valence-corrected chi connectivity index (χ2v) is 4.86. The third-order valence-electron chi connectivity index (χ3n) is 3.25. The number of benzene rings is 1. The maximum absolute atomic E-state index is 11.2. The van der Waals surface area contributed by atoms with Crippen molar-refractivity contribution in [3.8, 4) is 5.75 Å². The molecule has 1 saturated heterocycles. The predicted molar refractivity (Wildman–Crippen MR) is 72.4 cm³/mol. The van der Waals surface area contributed by atoms with Crippen LogP contribution in [0.5, 0.6) is 5.75 Å². The van der Waals surface area contributed by atoms with E-state index < -0.39 is 37.3 Å². The fourth-order valence-corrected chi connectivity index (χ4v) is 2.20. The van der Waals surface area contributed by atoms with E-state index in [4.69, 9.17) is 9.47 Å². The molecule has 0 aromatic heterocycles. The Labute approximate surface area is 122 Å². The van der Waals surface area contributed by atoms with Crippen molar-refractivity contribution in [1.29, 1.82) is 0 Å². The van der Waals surface area contributed by atoms with Gasteiger partial charge in [-0.25, -0.2) is 0 Å². The molecule has 0 aliphatic carbocycles. The molecule has 5 atom stereocenters. The summed E-state index contributed by atoms with van der Waals surface area (Å²) in [5.74, 6) is 0.0945. The van der Waals surface area contributed by atoms with Crippen LogP contribution in [-0.4, -0.2) is 58.5 Å². The molecular formula is C14H19NO6. The van der Waals surface area contributed by atoms with Gasteiger partial charge in [0.15, 0.2) is 0 Å². The summed E-state index contributed by atoms with van der Waals surface area (Å²) < 4.78 is 11.0. The highest BCUT2D eigenvalue weighted by atomic mass is 16.7. The van der Waals surface area contributed by atoms with Gasteiger partial charge in [-0.3, -0.25) is 4.79 Å². The summed E-state index contributed by atoms with van der Waals surface area (Å²) in [5.41, 5.74) is 0. The Hall–Kier alpha value is -1.67. The van der Waals surface area contributed by atoms with Gasteiger partial charge in [-0.1, -0.05) is 18.2 Å². The molecule has 0 spiro atoms. The Bertz CT molecular complexity index is 468. The number of ether oxygens (including phenoxy) is 2. The Morgan fingerprint density at radius 3 is 2.52 bits per heavy atom. The van der Waals surface area contributed by atoms with Crippen LogP contribution in [0.2, 0.25) is 0 Å². The number of nitrogens with one attached hydrogen (secondary N) is 1. The molecule has 1 aromatic rings. The molecule has 7 nitrogen and oxygen atoms in total. The van der Waals surface area contributed by atoms with E-state index in [-0.39, 0.29) is 5.91 Å². The number of aliphatic hydroxyl groups excluding tert-OH is 3. The number of hydrogen-bond acceptors (Lipinski definition) is 6. The molecule has 1 aliphatic rings. The molecule has 1 fully saturated rings. The Morgan fingerprint density at radius 1 is 1.29 bits per heavy atom. The van der Waals surface area contributed by atoms with Crippen molar-refractivity contribution in [1.82, 2.24) is 5.32 Å². The average Bonchev–Trinajstić information content (AvgIpc) is 2.47. The largest absolute Gasteiger partial charge is 0.463 e. The summed E-state index contributed by atoms with van der Waals surface area (Å²) >= 11 is 0. The van der Waals surface area contributed by atoms with E-state index in [0.717, 1.165) is 0 Å². The SMILES string of the molecule is CC(=O)N[C@@H]1[C@H](Oc2ccccc2)O[C@H](CO)[C@@H](O)[C@@H]1O. The summed E-state index contributed by atoms with van der Waals surface area (Å²) in [6.07, 6.45) is -4.64. The van der Waals surface area contributed by atoms with Crippen LogP contribution in [0.4, 0.5) is 0 Å². The highest BCUT2D eigenvalue weighted by molar-refractivity contribution is 5.73. The first-order chi connectivity index (χ1) is 10.0. The lowest BCUT2D eigenvalue weighted by Crippen LogP contribution is -2.65. The zero-order valence-corrected chi connectivity index (χ0v) is 11.5. The Morgan fingerprint density at radius 2 is 1.95 bits per heavy atom. The van der Waals surface area contributed by atoms with Gasteiger partial charge in [0.25, 0.3) is 0 Å². The summed E-state index contributed by atoms with van der Waals surface area (Å²) in [6.45, 7) is 0.816. The number of para-hydroxylation sites is 1. The number of rotatable bonds is 4. The Balaban J connectivity index is 2.18. The van der Waals surface area contributed by atoms with Crippen LogP contribution in [0.1, 0.15) is 6.92 Å². The third kappa shape index (κ3) is 3.70. The minimum atomic E-state index is -1.32. The second kappa shape index (κ2) is 6.86. The van der Waals surface area contributed by atoms with Gasteiger partial charge in [0, 0.05) is 6.92 Å². The van der Waals surface area contributed by atoms with Gasteiger partial charge in [0.2, 0.25) is 12.2 Å². The van der Waals surface area contributed by atoms with Crippen LogP contribution in [0.15, 0.2) is 30.3 Å². The van der Waals surface area contributed by atoms with Crippen molar-refractivity contribution in [3.05, 3.63) is 30.3 Å². The van der Waals surface area contributed by atoms with Crippen LogP contribution in [0.3, 0.4) is 0 Å². The lowest BCUT2D eigenvalue weighted by Gasteiger charge is -2.42. The van der Waals surface area contributed by atoms with Crippen molar-refractivity contribution in [3.63, 3.8) is 0 Å². The average molecular weight is 297 g/mol. The van der Waals surface area contributed by atoms with E-state index in [1.807, 2.05) is 6.07 Å². The van der Waals surface area contributed by atoms with Crippen molar-refractivity contribution in [2.45, 2.75) is 37.6 Å². The molecule has 1 amide bonds. The standard InChI is InChI=1S/C14H19NO6/c1-8(17)15-11-13(19)12(18)10(7-16)21-14(11)20-9-5-3-2-4-6-9/h2-6,10-14,16,18-19H,7H2,1H3,(H,15,17)/t10-,11+,12-,13-,14-/m1/s1. The van der Waals surface area contributed by atoms with E-state index in [2.05, 4.69) is 5.32 Å². The van der Waals surface area contributed by atoms with Crippen LogP contribution in [-0.2, 0) is 9.53 Å². The topological polar surface area (TPSA) is 108 Å². The Kier molecular flexibility index (Phi) is 5.13. The van der Waals surface area contributed by atoms with Crippen molar-refractivity contribution in [2.75, 3.05) is 6.61 Å². The van der Waals surface area contributed by atoms with Gasteiger partial charge in [-0.15, -0.1) is 0 Å². The quantitative estimate of drug-likeness (QED) is 0.568. The maximum Gasteiger partial charge on any atom is 0.223 e. The maximum atomic E-state index is 11.2. The summed E-state index contributed by atoms with van der Waals surface area (Å²) in [4.78, 5) is 11.2. The van der Waals surface area contributed by atoms with Crippen molar-refractivity contribution >= 4 is 5.91 Å². The third-order valence-corrected chi connectivity index (χ3v) is 3.25. The fraction of sp³-hybridized carbons (Fsp3) is 0.500. The smallest absolute Gasteiger partial charge is 0.223 e. The minimum Gasteiger partial charge on any atom is -0.463 e. The molecule has 21 heavy (non-hydrogen) atoms. The lowest BCUT2D eigenvalue weighted by atomic mass is 9.97. The van der Waals surface area contributed by atoms with Crippen molar-refractivity contribution in [2.24, 2.45) is 0 Å². The molecule has 116 valence electrons. The molecule has 2 rings (SSSR count). The summed E-state index contributed by atoms with van der Waals surface area (Å²) in [5, 5.41) is 31.7. The number of carbonyl (C=O) groups excluding carboxylic acids is 1. The summed E-state index contributed by atoms with van der Waals surface area (Å²) in [6, 6.07) is 7.79. The molecule has 0 unspecified atom stereocenters.